The minimum atomic E-state index is -2.91. The van der Waals surface area contributed by atoms with Crippen LogP contribution in [-0.2, 0) is 41.8 Å². The van der Waals surface area contributed by atoms with Crippen LogP contribution in [-0.4, -0.2) is 45.6 Å². The number of ether oxygens (including phenoxy) is 2. The van der Waals surface area contributed by atoms with Gasteiger partial charge in [-0.25, -0.2) is 14.2 Å². The second-order valence-electron chi connectivity index (χ2n) is 11.6. The molecule has 46 heavy (non-hydrogen) atoms. The van der Waals surface area contributed by atoms with Crippen LogP contribution in [0.15, 0.2) is 66.9 Å². The van der Waals surface area contributed by atoms with Gasteiger partial charge in [0.25, 0.3) is 0 Å². The van der Waals surface area contributed by atoms with Crippen molar-refractivity contribution in [2.75, 3.05) is 11.4 Å². The molecule has 7 rings (SSSR count). The molecule has 3 amide bonds. The van der Waals surface area contributed by atoms with Crippen molar-refractivity contribution in [2.45, 2.75) is 50.8 Å². The standard InChI is InChI=1S/C33H29ClF3N5O4/c1-40-29(42-12-11-28(43)39-32(42)44)15-38-30(40)20-7-8-21-17-41(33(24(21)13-20)14-27(33)46-31(36)37)16-19-5-9-22(10-6-19)45-18-23-25(34)3-2-4-26(23)35/h2-10,13,15,27,31H,11-12,14,16-18H2,1H3,(H,39,43,44)/t27-,33+/m1/s1. The lowest BCUT2D eigenvalue weighted by molar-refractivity contribution is -0.148. The molecular weight excluding hydrogens is 623 g/mol. The molecule has 0 bridgehead atoms. The summed E-state index contributed by atoms with van der Waals surface area (Å²) < 4.78 is 53.7. The molecule has 1 aliphatic carbocycles. The van der Waals surface area contributed by atoms with E-state index in [1.54, 1.807) is 36.0 Å². The highest BCUT2D eigenvalue weighted by Gasteiger charge is 2.64. The van der Waals surface area contributed by atoms with Crippen LogP contribution in [0.2, 0.25) is 5.02 Å². The van der Waals surface area contributed by atoms with Crippen molar-refractivity contribution in [3.8, 4) is 17.1 Å². The number of urea groups is 1. The number of anilines is 1. The number of alkyl halides is 2. The van der Waals surface area contributed by atoms with Crippen molar-refractivity contribution >= 4 is 29.4 Å². The number of imide groups is 1. The summed E-state index contributed by atoms with van der Waals surface area (Å²) in [4.78, 5) is 32.2. The van der Waals surface area contributed by atoms with E-state index in [1.807, 2.05) is 30.3 Å². The second kappa shape index (κ2) is 11.8. The summed E-state index contributed by atoms with van der Waals surface area (Å²) in [6, 6.07) is 17.2. The van der Waals surface area contributed by atoms with E-state index >= 15 is 0 Å². The Labute approximate surface area is 267 Å². The van der Waals surface area contributed by atoms with Gasteiger partial charge >= 0.3 is 12.6 Å². The summed E-state index contributed by atoms with van der Waals surface area (Å²) in [6.07, 6.45) is 1.49. The van der Waals surface area contributed by atoms with E-state index in [2.05, 4.69) is 15.2 Å². The van der Waals surface area contributed by atoms with E-state index in [9.17, 15) is 22.8 Å². The van der Waals surface area contributed by atoms with E-state index in [0.29, 0.717) is 41.9 Å². The Hall–Kier alpha value is -4.39. The van der Waals surface area contributed by atoms with Gasteiger partial charge < -0.3 is 14.0 Å². The van der Waals surface area contributed by atoms with Crippen molar-refractivity contribution in [3.63, 3.8) is 0 Å². The molecule has 2 fully saturated rings. The van der Waals surface area contributed by atoms with E-state index in [1.165, 1.54) is 17.0 Å². The summed E-state index contributed by atoms with van der Waals surface area (Å²) in [5, 5.41) is 2.61. The number of carbonyl (C=O) groups is 2. The highest BCUT2D eigenvalue weighted by atomic mass is 35.5. The summed E-state index contributed by atoms with van der Waals surface area (Å²) >= 11 is 6.11. The van der Waals surface area contributed by atoms with E-state index < -0.39 is 30.1 Å². The zero-order valence-electron chi connectivity index (χ0n) is 24.7. The average Bonchev–Trinajstić information content (AvgIpc) is 3.47. The minimum absolute atomic E-state index is 0.0211. The maximum Gasteiger partial charge on any atom is 0.345 e. The van der Waals surface area contributed by atoms with Crippen molar-refractivity contribution in [1.29, 1.82) is 0 Å². The van der Waals surface area contributed by atoms with E-state index in [-0.39, 0.29) is 31.0 Å². The first kappa shape index (κ1) is 30.3. The number of aromatic nitrogens is 2. The first-order valence-corrected chi connectivity index (χ1v) is 15.1. The number of nitrogens with one attached hydrogen (secondary N) is 1. The van der Waals surface area contributed by atoms with Crippen LogP contribution < -0.4 is 15.0 Å². The number of hydrogen-bond acceptors (Lipinski definition) is 6. The van der Waals surface area contributed by atoms with Crippen LogP contribution in [0, 0.1) is 5.82 Å². The number of hydrogen-bond donors (Lipinski definition) is 1. The third-order valence-electron chi connectivity index (χ3n) is 8.93. The molecule has 3 aliphatic rings. The molecule has 9 nitrogen and oxygen atoms in total. The SMILES string of the molecule is Cn1c(N2CCC(=O)NC2=O)cnc1-c1ccc2c(c1)[C@]1(C[C@H]1OC(F)F)N(Cc1ccc(OCc3c(F)cccc3Cl)cc1)C2. The number of rotatable bonds is 9. The fourth-order valence-corrected chi connectivity index (χ4v) is 6.75. The number of halogens is 4. The molecule has 13 heteroatoms. The Balaban J connectivity index is 1.11. The van der Waals surface area contributed by atoms with Gasteiger partial charge in [-0.1, -0.05) is 41.9 Å². The zero-order valence-corrected chi connectivity index (χ0v) is 25.4. The summed E-state index contributed by atoms with van der Waals surface area (Å²) in [6.45, 7) is -1.67. The van der Waals surface area contributed by atoms with Crippen LogP contribution in [0.3, 0.4) is 0 Å². The predicted molar refractivity (Wildman–Crippen MR) is 163 cm³/mol. The molecule has 1 saturated carbocycles. The van der Waals surface area contributed by atoms with Gasteiger partial charge in [-0.05, 0) is 47.0 Å². The predicted octanol–water partition coefficient (Wildman–Crippen LogP) is 6.13. The van der Waals surface area contributed by atoms with Gasteiger partial charge in [0.15, 0.2) is 0 Å². The third kappa shape index (κ3) is 5.40. The zero-order chi connectivity index (χ0) is 32.2. The molecule has 1 saturated heterocycles. The van der Waals surface area contributed by atoms with Gasteiger partial charge in [0, 0.05) is 50.7 Å². The van der Waals surface area contributed by atoms with Gasteiger partial charge in [0.05, 0.1) is 22.9 Å². The van der Waals surface area contributed by atoms with Crippen LogP contribution >= 0.6 is 11.6 Å². The first-order chi connectivity index (χ1) is 22.1. The number of amides is 3. The summed E-state index contributed by atoms with van der Waals surface area (Å²) in [7, 11) is 1.79. The molecule has 2 aliphatic heterocycles. The molecule has 0 radical (unpaired) electrons. The van der Waals surface area contributed by atoms with Gasteiger partial charge in [-0.3, -0.25) is 19.9 Å². The molecule has 238 valence electrons. The summed E-state index contributed by atoms with van der Waals surface area (Å²) in [5.41, 5.74) is 3.16. The van der Waals surface area contributed by atoms with E-state index in [4.69, 9.17) is 21.1 Å². The molecule has 3 aromatic carbocycles. The van der Waals surface area contributed by atoms with Crippen molar-refractivity contribution in [2.24, 2.45) is 7.05 Å². The van der Waals surface area contributed by atoms with Gasteiger partial charge in [0.1, 0.15) is 29.8 Å². The lowest BCUT2D eigenvalue weighted by atomic mass is 9.99. The van der Waals surface area contributed by atoms with Crippen molar-refractivity contribution < 1.29 is 32.2 Å². The van der Waals surface area contributed by atoms with Crippen LogP contribution in [0.5, 0.6) is 5.75 Å². The lowest BCUT2D eigenvalue weighted by Crippen LogP contribution is -2.50. The highest BCUT2D eigenvalue weighted by Crippen LogP contribution is 2.59. The Kier molecular flexibility index (Phi) is 7.74. The molecule has 3 heterocycles. The van der Waals surface area contributed by atoms with Gasteiger partial charge in [0.2, 0.25) is 5.91 Å². The Morgan fingerprint density at radius 2 is 1.93 bits per heavy atom. The van der Waals surface area contributed by atoms with Gasteiger partial charge in [-0.15, -0.1) is 0 Å². The Morgan fingerprint density at radius 3 is 2.67 bits per heavy atom. The molecule has 1 spiro atoms. The van der Waals surface area contributed by atoms with E-state index in [0.717, 1.165) is 22.3 Å². The normalized spacial score (nSPS) is 20.8. The quantitative estimate of drug-likeness (QED) is 0.234. The molecular formula is C33H29ClF3N5O4. The van der Waals surface area contributed by atoms with Gasteiger partial charge in [-0.2, -0.15) is 8.78 Å². The Morgan fingerprint density at radius 1 is 1.13 bits per heavy atom. The highest BCUT2D eigenvalue weighted by molar-refractivity contribution is 6.31. The minimum Gasteiger partial charge on any atom is -0.489 e. The fraction of sp³-hybridized carbons (Fsp3) is 0.303. The van der Waals surface area contributed by atoms with Crippen LogP contribution in [0.4, 0.5) is 23.8 Å². The van der Waals surface area contributed by atoms with Crippen molar-refractivity contribution in [1.82, 2.24) is 19.8 Å². The van der Waals surface area contributed by atoms with Crippen molar-refractivity contribution in [3.05, 3.63) is 100.0 Å². The van der Waals surface area contributed by atoms with Crippen LogP contribution in [0.25, 0.3) is 11.4 Å². The number of nitrogens with zero attached hydrogens (tertiary/aromatic N) is 4. The lowest BCUT2D eigenvalue weighted by Gasteiger charge is -2.27. The molecule has 2 atom stereocenters. The summed E-state index contributed by atoms with van der Waals surface area (Å²) in [5.74, 6) is 0.908. The number of benzene rings is 3. The number of imidazole rings is 1. The fourth-order valence-electron chi connectivity index (χ4n) is 6.53. The molecule has 4 aromatic rings. The number of carbonyl (C=O) groups excluding carboxylic acids is 2. The maximum atomic E-state index is 14.1. The topological polar surface area (TPSA) is 88.9 Å². The molecule has 1 aromatic heterocycles. The molecule has 0 unspecified atom stereocenters. The smallest absolute Gasteiger partial charge is 0.345 e. The Bertz CT molecular complexity index is 1810. The molecule has 1 N–H and O–H groups in total. The van der Waals surface area contributed by atoms with Crippen LogP contribution in [0.1, 0.15) is 35.1 Å². The second-order valence-corrected chi connectivity index (χ2v) is 12.0. The first-order valence-electron chi connectivity index (χ1n) is 14.7. The number of fused-ring (bicyclic) bond motifs is 2. The largest absolute Gasteiger partial charge is 0.489 e. The average molecular weight is 652 g/mol. The third-order valence-corrected chi connectivity index (χ3v) is 9.29. The monoisotopic (exact) mass is 651 g/mol. The maximum absolute atomic E-state index is 14.1.